The number of Topliss-reactive ketones (excluding diaryl/α,β-unsaturated/α-hetero) is 1. The standard InChI is InChI=1S/C13H19NO4/c1-11(15)13-5-4-12(10-14-13)18-9-8-17-7-3-6-16-2/h4-5,10H,3,6-9H2,1-2H3. The van der Waals surface area contributed by atoms with Gasteiger partial charge in [0.05, 0.1) is 12.8 Å². The van der Waals surface area contributed by atoms with E-state index < -0.39 is 0 Å². The molecule has 0 N–H and O–H groups in total. The van der Waals surface area contributed by atoms with Crippen LogP contribution in [0.15, 0.2) is 18.3 Å². The maximum absolute atomic E-state index is 11.0. The molecule has 1 aromatic rings. The highest BCUT2D eigenvalue weighted by atomic mass is 16.5. The summed E-state index contributed by atoms with van der Waals surface area (Å²) in [5.41, 5.74) is 0.443. The number of ketones is 1. The van der Waals surface area contributed by atoms with Crippen LogP contribution >= 0.6 is 0 Å². The molecule has 0 aliphatic rings. The summed E-state index contributed by atoms with van der Waals surface area (Å²) in [6.07, 6.45) is 2.42. The van der Waals surface area contributed by atoms with E-state index in [2.05, 4.69) is 4.98 Å². The van der Waals surface area contributed by atoms with Crippen LogP contribution in [0.4, 0.5) is 0 Å². The monoisotopic (exact) mass is 253 g/mol. The van der Waals surface area contributed by atoms with E-state index in [0.717, 1.165) is 6.42 Å². The first-order valence-electron chi connectivity index (χ1n) is 5.90. The normalized spacial score (nSPS) is 10.3. The van der Waals surface area contributed by atoms with Gasteiger partial charge in [-0.15, -0.1) is 0 Å². The van der Waals surface area contributed by atoms with Gasteiger partial charge in [-0.3, -0.25) is 4.79 Å². The smallest absolute Gasteiger partial charge is 0.178 e. The van der Waals surface area contributed by atoms with Crippen molar-refractivity contribution in [3.63, 3.8) is 0 Å². The maximum Gasteiger partial charge on any atom is 0.178 e. The third kappa shape index (κ3) is 5.75. The van der Waals surface area contributed by atoms with Crippen LogP contribution in [0.25, 0.3) is 0 Å². The second kappa shape index (κ2) is 8.60. The molecule has 0 aliphatic heterocycles. The molecule has 0 aliphatic carbocycles. The Morgan fingerprint density at radius 2 is 2.06 bits per heavy atom. The van der Waals surface area contributed by atoms with Gasteiger partial charge in [-0.25, -0.2) is 4.98 Å². The summed E-state index contributed by atoms with van der Waals surface area (Å²) in [6.45, 7) is 3.85. The number of methoxy groups -OCH3 is 1. The van der Waals surface area contributed by atoms with E-state index in [0.29, 0.717) is 37.9 Å². The predicted molar refractivity (Wildman–Crippen MR) is 67.0 cm³/mol. The van der Waals surface area contributed by atoms with E-state index in [1.54, 1.807) is 25.4 Å². The Bertz CT molecular complexity index is 351. The van der Waals surface area contributed by atoms with E-state index in [4.69, 9.17) is 14.2 Å². The van der Waals surface area contributed by atoms with Crippen molar-refractivity contribution in [2.45, 2.75) is 13.3 Å². The van der Waals surface area contributed by atoms with Crippen LogP contribution in [0.2, 0.25) is 0 Å². The van der Waals surface area contributed by atoms with Crippen LogP contribution in [0, 0.1) is 0 Å². The topological polar surface area (TPSA) is 57.7 Å². The lowest BCUT2D eigenvalue weighted by atomic mass is 10.3. The first kappa shape index (κ1) is 14.6. The molecule has 1 rings (SSSR count). The van der Waals surface area contributed by atoms with Crippen LogP contribution in [0.5, 0.6) is 5.75 Å². The van der Waals surface area contributed by atoms with Gasteiger partial charge in [0.2, 0.25) is 0 Å². The lowest BCUT2D eigenvalue weighted by Gasteiger charge is -2.07. The molecular weight excluding hydrogens is 234 g/mol. The summed E-state index contributed by atoms with van der Waals surface area (Å²) in [6, 6.07) is 3.38. The van der Waals surface area contributed by atoms with Crippen molar-refractivity contribution in [2.75, 3.05) is 33.5 Å². The number of hydrogen-bond acceptors (Lipinski definition) is 5. The summed E-state index contributed by atoms with van der Waals surface area (Å²) in [5.74, 6) is 0.587. The van der Waals surface area contributed by atoms with Gasteiger partial charge < -0.3 is 14.2 Å². The van der Waals surface area contributed by atoms with Crippen LogP contribution in [-0.4, -0.2) is 44.3 Å². The summed E-state index contributed by atoms with van der Waals surface area (Å²) in [4.78, 5) is 15.0. The zero-order valence-corrected chi connectivity index (χ0v) is 10.8. The van der Waals surface area contributed by atoms with Gasteiger partial charge in [0, 0.05) is 27.2 Å². The number of aromatic nitrogens is 1. The highest BCUT2D eigenvalue weighted by molar-refractivity contribution is 5.92. The molecule has 0 saturated carbocycles. The third-order valence-corrected chi connectivity index (χ3v) is 2.23. The van der Waals surface area contributed by atoms with Crippen molar-refractivity contribution < 1.29 is 19.0 Å². The molecule has 0 spiro atoms. The highest BCUT2D eigenvalue weighted by Crippen LogP contribution is 2.09. The van der Waals surface area contributed by atoms with E-state index >= 15 is 0 Å². The molecule has 5 heteroatoms. The average Bonchev–Trinajstić information content (AvgIpc) is 2.38. The molecule has 0 saturated heterocycles. The van der Waals surface area contributed by atoms with Crippen molar-refractivity contribution in [1.82, 2.24) is 4.98 Å². The number of rotatable bonds is 9. The molecular formula is C13H19NO4. The largest absolute Gasteiger partial charge is 0.490 e. The van der Waals surface area contributed by atoms with Crippen molar-refractivity contribution in [2.24, 2.45) is 0 Å². The first-order chi connectivity index (χ1) is 8.74. The van der Waals surface area contributed by atoms with Crippen molar-refractivity contribution in [1.29, 1.82) is 0 Å². The molecule has 0 aromatic carbocycles. The minimum absolute atomic E-state index is 0.0528. The lowest BCUT2D eigenvalue weighted by Crippen LogP contribution is -2.09. The zero-order valence-electron chi connectivity index (χ0n) is 10.8. The van der Waals surface area contributed by atoms with Gasteiger partial charge in [0.25, 0.3) is 0 Å². The van der Waals surface area contributed by atoms with Gasteiger partial charge >= 0.3 is 0 Å². The molecule has 0 amide bonds. The molecule has 100 valence electrons. The molecule has 0 fully saturated rings. The zero-order chi connectivity index (χ0) is 13.2. The Hall–Kier alpha value is -1.46. The Balaban J connectivity index is 2.14. The number of carbonyl (C=O) groups excluding carboxylic acids is 1. The predicted octanol–water partition coefficient (Wildman–Crippen LogP) is 1.72. The summed E-state index contributed by atoms with van der Waals surface area (Å²) >= 11 is 0. The lowest BCUT2D eigenvalue weighted by molar-refractivity contribution is 0.0805. The molecule has 1 heterocycles. The number of pyridine rings is 1. The Morgan fingerprint density at radius 3 is 2.67 bits per heavy atom. The van der Waals surface area contributed by atoms with Gasteiger partial charge in [0.15, 0.2) is 5.78 Å². The second-order valence-corrected chi connectivity index (χ2v) is 3.74. The van der Waals surface area contributed by atoms with Crippen LogP contribution < -0.4 is 4.74 Å². The molecule has 0 atom stereocenters. The van der Waals surface area contributed by atoms with Gasteiger partial charge in [0.1, 0.15) is 18.1 Å². The van der Waals surface area contributed by atoms with Crippen LogP contribution in [0.1, 0.15) is 23.8 Å². The quantitative estimate of drug-likeness (QED) is 0.495. The van der Waals surface area contributed by atoms with Crippen molar-refractivity contribution >= 4 is 5.78 Å². The fourth-order valence-corrected chi connectivity index (χ4v) is 1.30. The second-order valence-electron chi connectivity index (χ2n) is 3.74. The molecule has 5 nitrogen and oxygen atoms in total. The van der Waals surface area contributed by atoms with Gasteiger partial charge in [-0.1, -0.05) is 0 Å². The number of carbonyl (C=O) groups is 1. The molecule has 0 unspecified atom stereocenters. The third-order valence-electron chi connectivity index (χ3n) is 2.23. The Morgan fingerprint density at radius 1 is 1.22 bits per heavy atom. The SMILES string of the molecule is COCCCOCCOc1ccc(C(C)=O)nc1. The van der Waals surface area contributed by atoms with Crippen molar-refractivity contribution in [3.8, 4) is 5.75 Å². The van der Waals surface area contributed by atoms with Crippen LogP contribution in [-0.2, 0) is 9.47 Å². The van der Waals surface area contributed by atoms with E-state index in [1.165, 1.54) is 6.92 Å². The summed E-state index contributed by atoms with van der Waals surface area (Å²) in [7, 11) is 1.67. The van der Waals surface area contributed by atoms with Crippen molar-refractivity contribution in [3.05, 3.63) is 24.0 Å². The van der Waals surface area contributed by atoms with E-state index in [9.17, 15) is 4.79 Å². The summed E-state index contributed by atoms with van der Waals surface area (Å²) in [5, 5.41) is 0. The van der Waals surface area contributed by atoms with E-state index in [-0.39, 0.29) is 5.78 Å². The maximum atomic E-state index is 11.0. The molecule has 0 bridgehead atoms. The molecule has 18 heavy (non-hydrogen) atoms. The Labute approximate surface area is 107 Å². The Kier molecular flexibility index (Phi) is 6.98. The van der Waals surface area contributed by atoms with Gasteiger partial charge in [-0.05, 0) is 18.6 Å². The highest BCUT2D eigenvalue weighted by Gasteiger charge is 2.00. The fraction of sp³-hybridized carbons (Fsp3) is 0.538. The minimum Gasteiger partial charge on any atom is -0.490 e. The number of ether oxygens (including phenoxy) is 3. The van der Waals surface area contributed by atoms with Gasteiger partial charge in [-0.2, -0.15) is 0 Å². The summed E-state index contributed by atoms with van der Waals surface area (Å²) < 4.78 is 15.7. The van der Waals surface area contributed by atoms with E-state index in [1.807, 2.05) is 0 Å². The average molecular weight is 253 g/mol. The fourth-order valence-electron chi connectivity index (χ4n) is 1.30. The number of hydrogen-bond donors (Lipinski definition) is 0. The van der Waals surface area contributed by atoms with Crippen LogP contribution in [0.3, 0.4) is 0 Å². The molecule has 0 radical (unpaired) electrons. The minimum atomic E-state index is -0.0528. The molecule has 1 aromatic heterocycles. The first-order valence-corrected chi connectivity index (χ1v) is 5.90. The number of nitrogens with zero attached hydrogens (tertiary/aromatic N) is 1.